The second kappa shape index (κ2) is 11.8. The van der Waals surface area contributed by atoms with Gasteiger partial charge in [-0.2, -0.15) is 5.26 Å². The first-order valence-corrected chi connectivity index (χ1v) is 11.5. The van der Waals surface area contributed by atoms with Crippen molar-refractivity contribution >= 4 is 56.8 Å². The summed E-state index contributed by atoms with van der Waals surface area (Å²) in [7, 11) is 0. The second-order valence-electron chi connectivity index (χ2n) is 6.81. The van der Waals surface area contributed by atoms with Gasteiger partial charge in [-0.05, 0) is 60.5 Å². The highest BCUT2D eigenvalue weighted by molar-refractivity contribution is 9.10. The Balaban J connectivity index is 1.75. The molecule has 5 nitrogen and oxygen atoms in total. The lowest BCUT2D eigenvalue weighted by Gasteiger charge is -2.11. The van der Waals surface area contributed by atoms with Crippen LogP contribution in [0.3, 0.4) is 0 Å². The number of nitrogens with one attached hydrogen (secondary N) is 1. The summed E-state index contributed by atoms with van der Waals surface area (Å²) in [6.07, 6.45) is 1.41. The monoisotopic (exact) mass is 544 g/mol. The van der Waals surface area contributed by atoms with E-state index in [0.29, 0.717) is 29.4 Å². The Labute approximate surface area is 210 Å². The van der Waals surface area contributed by atoms with Crippen molar-refractivity contribution in [3.8, 4) is 17.6 Å². The second-order valence-corrected chi connectivity index (χ2v) is 8.54. The zero-order chi connectivity index (χ0) is 23.8. The minimum absolute atomic E-state index is 0.104. The molecule has 0 aliphatic carbocycles. The van der Waals surface area contributed by atoms with Crippen molar-refractivity contribution in [2.75, 3.05) is 11.9 Å². The van der Waals surface area contributed by atoms with E-state index in [1.165, 1.54) is 6.08 Å². The summed E-state index contributed by atoms with van der Waals surface area (Å²) in [6, 6.07) is 19.7. The summed E-state index contributed by atoms with van der Waals surface area (Å²) in [4.78, 5) is 12.6. The molecule has 0 atom stereocenters. The minimum atomic E-state index is -0.561. The van der Waals surface area contributed by atoms with Crippen molar-refractivity contribution in [2.24, 2.45) is 0 Å². The molecule has 3 aromatic rings. The quantitative estimate of drug-likeness (QED) is 0.238. The number of nitrogens with zero attached hydrogens (tertiary/aromatic N) is 1. The Morgan fingerprint density at radius 2 is 1.79 bits per heavy atom. The van der Waals surface area contributed by atoms with Crippen LogP contribution in [0.1, 0.15) is 18.1 Å². The maximum Gasteiger partial charge on any atom is 0.266 e. The fraction of sp³-hybridized carbons (Fsp3) is 0.120. The molecule has 0 fully saturated rings. The molecule has 0 spiro atoms. The van der Waals surface area contributed by atoms with Crippen LogP contribution in [-0.4, -0.2) is 12.5 Å². The molecular formula is C25H19BrCl2N2O3. The average molecular weight is 546 g/mol. The molecule has 0 saturated carbocycles. The standard InChI is InChI=1S/C25H19BrCl2N2O3/c1-2-32-21-5-3-4-20(13-21)30-25(31)18(14-29)10-17-11-22(27)24(23(28)12-17)33-15-16-6-8-19(26)9-7-16/h3-13H,2,15H2,1H3,(H,30,31)/b18-10-. The van der Waals surface area contributed by atoms with E-state index < -0.39 is 5.91 Å². The van der Waals surface area contributed by atoms with Crippen molar-refractivity contribution in [1.82, 2.24) is 0 Å². The van der Waals surface area contributed by atoms with Gasteiger partial charge in [0.05, 0.1) is 16.7 Å². The highest BCUT2D eigenvalue weighted by atomic mass is 79.9. The largest absolute Gasteiger partial charge is 0.494 e. The van der Waals surface area contributed by atoms with Gasteiger partial charge in [-0.3, -0.25) is 4.79 Å². The van der Waals surface area contributed by atoms with Gasteiger partial charge in [-0.1, -0.05) is 57.3 Å². The third-order valence-corrected chi connectivity index (χ3v) is 5.49. The van der Waals surface area contributed by atoms with Gasteiger partial charge in [-0.25, -0.2) is 0 Å². The summed E-state index contributed by atoms with van der Waals surface area (Å²) in [6.45, 7) is 2.66. The number of hydrogen-bond donors (Lipinski definition) is 1. The van der Waals surface area contributed by atoms with Crippen molar-refractivity contribution in [1.29, 1.82) is 5.26 Å². The summed E-state index contributed by atoms with van der Waals surface area (Å²) >= 11 is 16.1. The lowest BCUT2D eigenvalue weighted by atomic mass is 10.1. The van der Waals surface area contributed by atoms with Crippen LogP contribution >= 0.6 is 39.1 Å². The van der Waals surface area contributed by atoms with Gasteiger partial charge in [0.1, 0.15) is 24.0 Å². The Hall–Kier alpha value is -2.98. The zero-order valence-corrected chi connectivity index (χ0v) is 20.7. The van der Waals surface area contributed by atoms with E-state index in [1.54, 1.807) is 36.4 Å². The van der Waals surface area contributed by atoms with Crippen LogP contribution in [-0.2, 0) is 11.4 Å². The topological polar surface area (TPSA) is 71.3 Å². The molecule has 0 unspecified atom stereocenters. The van der Waals surface area contributed by atoms with Crippen LogP contribution < -0.4 is 14.8 Å². The van der Waals surface area contributed by atoms with E-state index in [0.717, 1.165) is 10.0 Å². The van der Waals surface area contributed by atoms with Crippen LogP contribution in [0, 0.1) is 11.3 Å². The van der Waals surface area contributed by atoms with Crippen molar-refractivity contribution in [3.05, 3.63) is 91.9 Å². The Morgan fingerprint density at radius 1 is 1.09 bits per heavy atom. The van der Waals surface area contributed by atoms with Crippen LogP contribution in [0.4, 0.5) is 5.69 Å². The average Bonchev–Trinajstić information content (AvgIpc) is 2.78. The first-order valence-electron chi connectivity index (χ1n) is 9.92. The number of nitriles is 1. The number of hydrogen-bond acceptors (Lipinski definition) is 4. The van der Waals surface area contributed by atoms with E-state index in [1.807, 2.05) is 37.3 Å². The molecule has 3 aromatic carbocycles. The third kappa shape index (κ3) is 7.00. The molecule has 3 rings (SSSR count). The molecule has 33 heavy (non-hydrogen) atoms. The fourth-order valence-electron chi connectivity index (χ4n) is 2.88. The predicted octanol–water partition coefficient (Wildman–Crippen LogP) is 7.28. The summed E-state index contributed by atoms with van der Waals surface area (Å²) < 4.78 is 12.2. The van der Waals surface area contributed by atoms with Gasteiger partial charge >= 0.3 is 0 Å². The molecule has 0 aromatic heterocycles. The molecule has 0 radical (unpaired) electrons. The van der Waals surface area contributed by atoms with Crippen LogP contribution in [0.2, 0.25) is 10.0 Å². The van der Waals surface area contributed by atoms with Crippen molar-refractivity contribution < 1.29 is 14.3 Å². The Morgan fingerprint density at radius 3 is 2.42 bits per heavy atom. The molecule has 0 saturated heterocycles. The van der Waals surface area contributed by atoms with E-state index in [9.17, 15) is 10.1 Å². The number of anilines is 1. The van der Waals surface area contributed by atoms with Crippen LogP contribution in [0.15, 0.2) is 70.7 Å². The number of benzene rings is 3. The van der Waals surface area contributed by atoms with Crippen LogP contribution in [0.5, 0.6) is 11.5 Å². The maximum absolute atomic E-state index is 12.6. The molecular weight excluding hydrogens is 527 g/mol. The van der Waals surface area contributed by atoms with Gasteiger partial charge in [-0.15, -0.1) is 0 Å². The molecule has 168 valence electrons. The smallest absolute Gasteiger partial charge is 0.266 e. The number of halogens is 3. The molecule has 1 N–H and O–H groups in total. The summed E-state index contributed by atoms with van der Waals surface area (Å²) in [5, 5.41) is 12.7. The minimum Gasteiger partial charge on any atom is -0.494 e. The van der Waals surface area contributed by atoms with E-state index in [-0.39, 0.29) is 22.2 Å². The first-order chi connectivity index (χ1) is 15.9. The predicted molar refractivity (Wildman–Crippen MR) is 135 cm³/mol. The molecule has 1 amide bonds. The number of carbonyl (C=O) groups is 1. The van der Waals surface area contributed by atoms with Gasteiger partial charge in [0, 0.05) is 16.2 Å². The Kier molecular flexibility index (Phi) is 8.79. The molecule has 8 heteroatoms. The molecule has 0 aliphatic heterocycles. The SMILES string of the molecule is CCOc1cccc(NC(=O)/C(C#N)=C\c2cc(Cl)c(OCc3ccc(Br)cc3)c(Cl)c2)c1. The number of ether oxygens (including phenoxy) is 2. The fourth-order valence-corrected chi connectivity index (χ4v) is 3.76. The normalized spacial score (nSPS) is 10.9. The molecule has 0 aliphatic rings. The van der Waals surface area contributed by atoms with Crippen molar-refractivity contribution in [2.45, 2.75) is 13.5 Å². The number of carbonyl (C=O) groups excluding carboxylic acids is 1. The number of rotatable bonds is 8. The van der Waals surface area contributed by atoms with Crippen LogP contribution in [0.25, 0.3) is 6.08 Å². The summed E-state index contributed by atoms with van der Waals surface area (Å²) in [5.74, 6) is 0.387. The molecule has 0 heterocycles. The third-order valence-electron chi connectivity index (χ3n) is 4.40. The van der Waals surface area contributed by atoms with E-state index >= 15 is 0 Å². The van der Waals surface area contributed by atoms with Gasteiger partial charge < -0.3 is 14.8 Å². The zero-order valence-electron chi connectivity index (χ0n) is 17.6. The number of amides is 1. The Bertz CT molecular complexity index is 1200. The molecule has 0 bridgehead atoms. The maximum atomic E-state index is 12.6. The van der Waals surface area contributed by atoms with Gasteiger partial charge in [0.15, 0.2) is 5.75 Å². The first kappa shape index (κ1) is 24.7. The van der Waals surface area contributed by atoms with Crippen molar-refractivity contribution in [3.63, 3.8) is 0 Å². The van der Waals surface area contributed by atoms with E-state index in [2.05, 4.69) is 21.2 Å². The summed E-state index contributed by atoms with van der Waals surface area (Å²) in [5.41, 5.74) is 1.86. The van der Waals surface area contributed by atoms with Gasteiger partial charge in [0.2, 0.25) is 0 Å². The van der Waals surface area contributed by atoms with E-state index in [4.69, 9.17) is 32.7 Å². The van der Waals surface area contributed by atoms with Gasteiger partial charge in [0.25, 0.3) is 5.91 Å². The highest BCUT2D eigenvalue weighted by Gasteiger charge is 2.13. The highest BCUT2D eigenvalue weighted by Crippen LogP contribution is 2.35. The lowest BCUT2D eigenvalue weighted by Crippen LogP contribution is -2.13. The lowest BCUT2D eigenvalue weighted by molar-refractivity contribution is -0.112.